The van der Waals surface area contributed by atoms with Crippen molar-refractivity contribution in [1.82, 2.24) is 5.32 Å². The molecule has 0 heterocycles. The molecule has 2 aliphatic carbocycles. The first kappa shape index (κ1) is 24.7. The zero-order valence-electron chi connectivity index (χ0n) is 20.3. The zero-order chi connectivity index (χ0) is 24.6. The number of carbonyl (C=O) groups excluding carboxylic acids is 1. The fraction of sp³-hybridized carbons (Fsp3) is 0.300. The second-order valence-corrected chi connectivity index (χ2v) is 8.84. The summed E-state index contributed by atoms with van der Waals surface area (Å²) in [6.45, 7) is 4.33. The van der Waals surface area contributed by atoms with Gasteiger partial charge in [-0.1, -0.05) is 66.8 Å². The molecule has 0 fully saturated rings. The van der Waals surface area contributed by atoms with Gasteiger partial charge in [0.1, 0.15) is 11.5 Å². The van der Waals surface area contributed by atoms with Crippen LogP contribution in [-0.2, 0) is 11.2 Å². The number of rotatable bonds is 10. The molecule has 2 N–H and O–H groups in total. The molecule has 2 aromatic rings. The summed E-state index contributed by atoms with van der Waals surface area (Å²) in [5.41, 5.74) is 2.64. The van der Waals surface area contributed by atoms with Crippen molar-refractivity contribution in [3.63, 3.8) is 0 Å². The third kappa shape index (κ3) is 6.38. The van der Waals surface area contributed by atoms with Crippen molar-refractivity contribution >= 4 is 5.91 Å². The van der Waals surface area contributed by atoms with Crippen LogP contribution >= 0.6 is 0 Å². The number of fused-ring (bicyclic) bond motifs is 1. The number of amides is 1. The predicted octanol–water partition coefficient (Wildman–Crippen LogP) is 5.74. The number of para-hydroxylation sites is 1. The van der Waals surface area contributed by atoms with Crippen LogP contribution in [0.25, 0.3) is 0 Å². The summed E-state index contributed by atoms with van der Waals surface area (Å²) in [5.74, 6) is 1.54. The second kappa shape index (κ2) is 11.8. The minimum atomic E-state index is -0.862. The molecule has 4 atom stereocenters. The Bertz CT molecular complexity index is 1130. The van der Waals surface area contributed by atoms with Gasteiger partial charge < -0.3 is 19.9 Å². The molecule has 2 aromatic carbocycles. The number of aliphatic hydroxyl groups is 1. The number of hydrogen-bond donors (Lipinski definition) is 2. The molecule has 35 heavy (non-hydrogen) atoms. The van der Waals surface area contributed by atoms with Crippen molar-refractivity contribution in [2.75, 3.05) is 6.61 Å². The molecule has 182 valence electrons. The van der Waals surface area contributed by atoms with Gasteiger partial charge in [0, 0.05) is 36.5 Å². The fourth-order valence-corrected chi connectivity index (χ4v) is 4.59. The van der Waals surface area contributed by atoms with Crippen LogP contribution < -0.4 is 10.1 Å². The first-order chi connectivity index (χ1) is 17.0. The van der Waals surface area contributed by atoms with Gasteiger partial charge in [0.05, 0.1) is 0 Å². The molecule has 1 amide bonds. The third-order valence-corrected chi connectivity index (χ3v) is 6.40. The van der Waals surface area contributed by atoms with Crippen LogP contribution in [0.4, 0.5) is 0 Å². The highest BCUT2D eigenvalue weighted by atomic mass is 16.6. The van der Waals surface area contributed by atoms with Crippen LogP contribution in [0.3, 0.4) is 0 Å². The Morgan fingerprint density at radius 2 is 1.89 bits per heavy atom. The maximum atomic E-state index is 13.5. The molecule has 2 aliphatic rings. The summed E-state index contributed by atoms with van der Waals surface area (Å²) in [6, 6.07) is 14.9. The van der Waals surface area contributed by atoms with Crippen molar-refractivity contribution in [3.8, 4) is 11.5 Å². The van der Waals surface area contributed by atoms with E-state index in [0.717, 1.165) is 5.56 Å². The Morgan fingerprint density at radius 3 is 2.69 bits per heavy atom. The smallest absolute Gasteiger partial charge is 0.251 e. The van der Waals surface area contributed by atoms with Crippen LogP contribution in [0, 0.1) is 11.8 Å². The molecule has 0 spiro atoms. The van der Waals surface area contributed by atoms with Gasteiger partial charge in [0.2, 0.25) is 0 Å². The summed E-state index contributed by atoms with van der Waals surface area (Å²) in [7, 11) is 0. The SMILES string of the molecule is CCOC(O)CCc1ccc(Oc2ccccc2)cc1C(=O)N[C@H](C)C1C=CC=C2C=CC=CC21. The topological polar surface area (TPSA) is 67.8 Å². The molecule has 0 saturated carbocycles. The lowest BCUT2D eigenvalue weighted by molar-refractivity contribution is -0.0980. The van der Waals surface area contributed by atoms with E-state index in [2.05, 4.69) is 41.8 Å². The molecule has 0 bridgehead atoms. The number of hydrogen-bond acceptors (Lipinski definition) is 4. The Kier molecular flexibility index (Phi) is 8.35. The maximum Gasteiger partial charge on any atom is 0.251 e. The van der Waals surface area contributed by atoms with E-state index in [1.807, 2.05) is 62.4 Å². The lowest BCUT2D eigenvalue weighted by atomic mass is 9.76. The van der Waals surface area contributed by atoms with E-state index in [1.54, 1.807) is 6.07 Å². The van der Waals surface area contributed by atoms with Crippen molar-refractivity contribution in [2.24, 2.45) is 11.8 Å². The van der Waals surface area contributed by atoms with Gasteiger partial charge in [0.15, 0.2) is 6.29 Å². The first-order valence-corrected chi connectivity index (χ1v) is 12.2. The summed E-state index contributed by atoms with van der Waals surface area (Å²) in [5, 5.41) is 13.3. The van der Waals surface area contributed by atoms with Crippen LogP contribution in [0.15, 0.2) is 96.6 Å². The molecule has 0 saturated heterocycles. The predicted molar refractivity (Wildman–Crippen MR) is 138 cm³/mol. The molecule has 4 rings (SSSR count). The monoisotopic (exact) mass is 471 g/mol. The summed E-state index contributed by atoms with van der Waals surface area (Å²) in [6.07, 6.45) is 14.8. The van der Waals surface area contributed by atoms with Crippen LogP contribution in [-0.4, -0.2) is 30.0 Å². The third-order valence-electron chi connectivity index (χ3n) is 6.40. The van der Waals surface area contributed by atoms with E-state index >= 15 is 0 Å². The summed E-state index contributed by atoms with van der Waals surface area (Å²) < 4.78 is 11.3. The molecule has 0 radical (unpaired) electrons. The minimum Gasteiger partial charge on any atom is -0.457 e. The van der Waals surface area contributed by atoms with Crippen LogP contribution in [0.1, 0.15) is 36.2 Å². The highest BCUT2D eigenvalue weighted by Gasteiger charge is 2.29. The normalized spacial score (nSPS) is 20.0. The van der Waals surface area contributed by atoms with E-state index in [9.17, 15) is 9.90 Å². The number of allylic oxidation sites excluding steroid dienone is 7. The molecular formula is C30H33NO4. The number of aryl methyl sites for hydroxylation is 1. The minimum absolute atomic E-state index is 0.0795. The Hall–Kier alpha value is -3.41. The maximum absolute atomic E-state index is 13.5. The van der Waals surface area contributed by atoms with Crippen molar-refractivity contribution < 1.29 is 19.4 Å². The van der Waals surface area contributed by atoms with Gasteiger partial charge >= 0.3 is 0 Å². The lowest BCUT2D eigenvalue weighted by Crippen LogP contribution is -2.41. The molecule has 0 aliphatic heterocycles. The number of aliphatic hydroxyl groups excluding tert-OH is 1. The average Bonchev–Trinajstić information content (AvgIpc) is 2.88. The molecule has 3 unspecified atom stereocenters. The number of ether oxygens (including phenoxy) is 2. The Balaban J connectivity index is 1.53. The van der Waals surface area contributed by atoms with E-state index in [1.165, 1.54) is 5.57 Å². The lowest BCUT2D eigenvalue weighted by Gasteiger charge is -2.32. The van der Waals surface area contributed by atoms with Gasteiger partial charge in [-0.25, -0.2) is 0 Å². The van der Waals surface area contributed by atoms with E-state index in [4.69, 9.17) is 9.47 Å². The molecular weight excluding hydrogens is 438 g/mol. The van der Waals surface area contributed by atoms with Gasteiger partial charge in [-0.3, -0.25) is 4.79 Å². The molecule has 5 nitrogen and oxygen atoms in total. The summed E-state index contributed by atoms with van der Waals surface area (Å²) in [4.78, 5) is 13.5. The van der Waals surface area contributed by atoms with E-state index in [-0.39, 0.29) is 23.8 Å². The average molecular weight is 472 g/mol. The Morgan fingerprint density at radius 1 is 1.06 bits per heavy atom. The van der Waals surface area contributed by atoms with Gasteiger partial charge in [-0.05, 0) is 55.7 Å². The zero-order valence-corrected chi connectivity index (χ0v) is 20.3. The Labute approximate surface area is 207 Å². The number of carbonyl (C=O) groups is 1. The van der Waals surface area contributed by atoms with Gasteiger partial charge in [-0.15, -0.1) is 0 Å². The second-order valence-electron chi connectivity index (χ2n) is 8.84. The molecule has 5 heteroatoms. The first-order valence-electron chi connectivity index (χ1n) is 12.2. The van der Waals surface area contributed by atoms with Crippen LogP contribution in [0.2, 0.25) is 0 Å². The molecule has 0 aromatic heterocycles. The standard InChI is InChI=1S/C30H33NO4/c1-3-34-29(32)19-17-23-16-18-25(35-24-12-5-4-6-13-24)20-28(23)30(33)31-21(2)26-15-9-11-22-10-7-8-14-27(22)26/h4-16,18,20-21,26-27,29,32H,3,17,19H2,1-2H3,(H,31,33)/t21-,26?,27?,29?/m1/s1. The quantitative estimate of drug-likeness (QED) is 0.434. The van der Waals surface area contributed by atoms with Crippen molar-refractivity contribution in [3.05, 3.63) is 108 Å². The van der Waals surface area contributed by atoms with E-state index in [0.29, 0.717) is 36.5 Å². The fourth-order valence-electron chi connectivity index (χ4n) is 4.59. The van der Waals surface area contributed by atoms with Gasteiger partial charge in [0.25, 0.3) is 5.91 Å². The largest absolute Gasteiger partial charge is 0.457 e. The van der Waals surface area contributed by atoms with Crippen molar-refractivity contribution in [2.45, 2.75) is 39.0 Å². The van der Waals surface area contributed by atoms with E-state index < -0.39 is 6.29 Å². The number of benzene rings is 2. The van der Waals surface area contributed by atoms with Gasteiger partial charge in [-0.2, -0.15) is 0 Å². The highest BCUT2D eigenvalue weighted by molar-refractivity contribution is 5.96. The highest BCUT2D eigenvalue weighted by Crippen LogP contribution is 2.33. The van der Waals surface area contributed by atoms with Crippen LogP contribution in [0.5, 0.6) is 11.5 Å². The van der Waals surface area contributed by atoms with Crippen molar-refractivity contribution in [1.29, 1.82) is 0 Å². The summed E-state index contributed by atoms with van der Waals surface area (Å²) >= 11 is 0. The number of nitrogens with one attached hydrogen (secondary N) is 1.